The molecule has 0 fully saturated rings. The molecule has 4 heteroatoms. The minimum absolute atomic E-state index is 1.05. The molecular weight excluding hydrogens is 308 g/mol. The summed E-state index contributed by atoms with van der Waals surface area (Å²) >= 11 is 3.61. The highest BCUT2D eigenvalue weighted by Crippen LogP contribution is 2.52. The maximum absolute atomic E-state index is 4.58. The Morgan fingerprint density at radius 3 is 1.64 bits per heavy atom. The summed E-state index contributed by atoms with van der Waals surface area (Å²) < 4.78 is 0. The van der Waals surface area contributed by atoms with Gasteiger partial charge in [0.05, 0.1) is 11.0 Å². The third-order valence-corrected chi connectivity index (χ3v) is 6.42. The zero-order valence-corrected chi connectivity index (χ0v) is 13.1. The fourth-order valence-corrected chi connectivity index (χ4v) is 5.20. The van der Waals surface area contributed by atoms with Crippen LogP contribution in [0.15, 0.2) is 80.5 Å². The van der Waals surface area contributed by atoms with Crippen molar-refractivity contribution in [2.24, 2.45) is 0 Å². The third kappa shape index (κ3) is 1.77. The van der Waals surface area contributed by atoms with Crippen LogP contribution in [0.1, 0.15) is 0 Å². The van der Waals surface area contributed by atoms with Gasteiger partial charge < -0.3 is 0 Å². The summed E-state index contributed by atoms with van der Waals surface area (Å²) in [6, 6.07) is 16.7. The average molecular weight is 318 g/mol. The first-order valence-electron chi connectivity index (χ1n) is 7.01. The minimum atomic E-state index is 1.05. The van der Waals surface area contributed by atoms with Crippen molar-refractivity contribution in [1.29, 1.82) is 0 Å². The van der Waals surface area contributed by atoms with Crippen LogP contribution in [-0.4, -0.2) is 9.97 Å². The summed E-state index contributed by atoms with van der Waals surface area (Å²) in [5.74, 6) is 0. The zero-order valence-electron chi connectivity index (χ0n) is 11.5. The van der Waals surface area contributed by atoms with E-state index in [1.807, 2.05) is 36.3 Å². The Morgan fingerprint density at radius 1 is 0.591 bits per heavy atom. The lowest BCUT2D eigenvalue weighted by Gasteiger charge is -2.20. The Bertz CT molecular complexity index is 960. The highest BCUT2D eigenvalue weighted by atomic mass is 32.2. The van der Waals surface area contributed by atoms with Crippen LogP contribution in [0.4, 0.5) is 0 Å². The maximum atomic E-state index is 4.58. The van der Waals surface area contributed by atoms with E-state index in [1.165, 1.54) is 30.4 Å². The van der Waals surface area contributed by atoms with Crippen LogP contribution in [-0.2, 0) is 0 Å². The van der Waals surface area contributed by atoms with Crippen LogP contribution >= 0.6 is 23.5 Å². The molecule has 0 aliphatic carbocycles. The number of benzene rings is 2. The van der Waals surface area contributed by atoms with Crippen LogP contribution in [0.5, 0.6) is 0 Å². The second kappa shape index (κ2) is 4.73. The molecule has 104 valence electrons. The zero-order chi connectivity index (χ0) is 14.5. The van der Waals surface area contributed by atoms with Gasteiger partial charge in [0.2, 0.25) is 0 Å². The van der Waals surface area contributed by atoms with Crippen molar-refractivity contribution in [3.63, 3.8) is 0 Å². The molecule has 0 N–H and O–H groups in total. The number of pyridine rings is 2. The molecule has 2 aromatic heterocycles. The molecule has 0 amide bonds. The van der Waals surface area contributed by atoms with Crippen LogP contribution in [0.3, 0.4) is 0 Å². The van der Waals surface area contributed by atoms with Gasteiger partial charge in [0.25, 0.3) is 0 Å². The van der Waals surface area contributed by atoms with E-state index in [-0.39, 0.29) is 0 Å². The molecule has 22 heavy (non-hydrogen) atoms. The van der Waals surface area contributed by atoms with Gasteiger partial charge in [0.15, 0.2) is 0 Å². The topological polar surface area (TPSA) is 25.8 Å². The summed E-state index contributed by atoms with van der Waals surface area (Å²) in [5, 5.41) is 2.45. The van der Waals surface area contributed by atoms with E-state index >= 15 is 0 Å². The van der Waals surface area contributed by atoms with Gasteiger partial charge in [-0.2, -0.15) is 0 Å². The Labute approximate surface area is 136 Å². The summed E-state index contributed by atoms with van der Waals surface area (Å²) in [6.07, 6.45) is 3.96. The number of rotatable bonds is 0. The first-order chi connectivity index (χ1) is 10.9. The predicted octanol–water partition coefficient (Wildman–Crippen LogP) is 5.40. The molecule has 0 saturated heterocycles. The van der Waals surface area contributed by atoms with E-state index in [4.69, 9.17) is 0 Å². The van der Waals surface area contributed by atoms with Crippen molar-refractivity contribution in [2.45, 2.75) is 19.6 Å². The first kappa shape index (κ1) is 12.5. The second-order valence-corrected chi connectivity index (χ2v) is 7.25. The number of hydrogen-bond acceptors (Lipinski definition) is 4. The smallest absolute Gasteiger partial charge is 0.0714 e. The number of hydrogen-bond donors (Lipinski definition) is 0. The Kier molecular flexibility index (Phi) is 2.69. The van der Waals surface area contributed by atoms with Crippen molar-refractivity contribution in [3.8, 4) is 0 Å². The van der Waals surface area contributed by atoms with E-state index in [9.17, 15) is 0 Å². The van der Waals surface area contributed by atoms with Gasteiger partial charge in [0.1, 0.15) is 0 Å². The van der Waals surface area contributed by atoms with Gasteiger partial charge in [-0.3, -0.25) is 9.97 Å². The fourth-order valence-electron chi connectivity index (χ4n) is 2.77. The average Bonchev–Trinajstić information content (AvgIpc) is 2.60. The van der Waals surface area contributed by atoms with E-state index in [1.54, 1.807) is 11.8 Å². The number of aromatic nitrogens is 2. The Morgan fingerprint density at radius 2 is 1.09 bits per heavy atom. The quantitative estimate of drug-likeness (QED) is 0.382. The lowest BCUT2D eigenvalue weighted by atomic mass is 10.2. The van der Waals surface area contributed by atoms with Gasteiger partial charge in [-0.25, -0.2) is 0 Å². The van der Waals surface area contributed by atoms with Crippen LogP contribution < -0.4 is 0 Å². The molecule has 0 spiro atoms. The van der Waals surface area contributed by atoms with Gasteiger partial charge in [-0.15, -0.1) is 0 Å². The SMILES string of the molecule is c1ccc2c3c(cnc2c1)Sc1cnc2ccccc2c1S3. The van der Waals surface area contributed by atoms with Crippen molar-refractivity contribution < 1.29 is 0 Å². The van der Waals surface area contributed by atoms with Gasteiger partial charge in [0, 0.05) is 42.7 Å². The Hall–Kier alpha value is -2.04. The van der Waals surface area contributed by atoms with Crippen molar-refractivity contribution in [1.82, 2.24) is 9.97 Å². The minimum Gasteiger partial charge on any atom is -0.255 e. The highest BCUT2D eigenvalue weighted by molar-refractivity contribution is 8.05. The number of fused-ring (bicyclic) bond motifs is 6. The molecule has 0 saturated carbocycles. The van der Waals surface area contributed by atoms with E-state index in [0.29, 0.717) is 0 Å². The van der Waals surface area contributed by atoms with Crippen LogP contribution in [0.25, 0.3) is 21.8 Å². The van der Waals surface area contributed by atoms with Crippen LogP contribution in [0.2, 0.25) is 0 Å². The molecule has 0 atom stereocenters. The summed E-state index contributed by atoms with van der Waals surface area (Å²) in [4.78, 5) is 14.2. The molecule has 0 bridgehead atoms. The fraction of sp³-hybridized carbons (Fsp3) is 0. The first-order valence-corrected chi connectivity index (χ1v) is 8.65. The number of para-hydroxylation sites is 2. The molecule has 5 rings (SSSR count). The molecule has 1 aliphatic heterocycles. The molecule has 0 radical (unpaired) electrons. The second-order valence-electron chi connectivity index (χ2n) is 5.14. The lowest BCUT2D eigenvalue weighted by molar-refractivity contribution is 1.13. The van der Waals surface area contributed by atoms with E-state index in [0.717, 1.165) is 11.0 Å². The van der Waals surface area contributed by atoms with Crippen molar-refractivity contribution in [2.75, 3.05) is 0 Å². The largest absolute Gasteiger partial charge is 0.255 e. The molecule has 3 heterocycles. The molecule has 0 unspecified atom stereocenters. The predicted molar refractivity (Wildman–Crippen MR) is 91.7 cm³/mol. The summed E-state index contributed by atoms with van der Waals surface area (Å²) in [6.45, 7) is 0. The maximum Gasteiger partial charge on any atom is 0.0714 e. The van der Waals surface area contributed by atoms with Gasteiger partial charge in [-0.05, 0) is 12.1 Å². The normalized spacial score (nSPS) is 13.1. The van der Waals surface area contributed by atoms with Gasteiger partial charge in [-0.1, -0.05) is 59.9 Å². The van der Waals surface area contributed by atoms with E-state index in [2.05, 4.69) is 46.4 Å². The molecule has 4 aromatic rings. The Balaban J connectivity index is 1.80. The molecule has 2 aromatic carbocycles. The highest BCUT2D eigenvalue weighted by Gasteiger charge is 2.22. The number of nitrogens with zero attached hydrogens (tertiary/aromatic N) is 2. The van der Waals surface area contributed by atoms with E-state index < -0.39 is 0 Å². The van der Waals surface area contributed by atoms with Crippen molar-refractivity contribution >= 4 is 45.3 Å². The molecule has 2 nitrogen and oxygen atoms in total. The summed E-state index contributed by atoms with van der Waals surface area (Å²) in [5.41, 5.74) is 2.10. The monoisotopic (exact) mass is 318 g/mol. The lowest BCUT2D eigenvalue weighted by Crippen LogP contribution is -1.94. The molecule has 1 aliphatic rings. The van der Waals surface area contributed by atoms with Crippen molar-refractivity contribution in [3.05, 3.63) is 60.9 Å². The summed E-state index contributed by atoms with van der Waals surface area (Å²) in [7, 11) is 0. The van der Waals surface area contributed by atoms with Gasteiger partial charge >= 0.3 is 0 Å². The molecular formula is C18H10N2S2. The third-order valence-electron chi connectivity index (χ3n) is 3.81. The standard InChI is InChI=1S/C18H10N2S2/c1-3-7-13-11(5-1)17-15(9-19-13)21-16-10-20-14-8-4-2-6-12(14)18(16)22-17/h1-10H. The van der Waals surface area contributed by atoms with Crippen LogP contribution in [0, 0.1) is 0 Å².